The fourth-order valence-corrected chi connectivity index (χ4v) is 2.97. The molecule has 0 aliphatic carbocycles. The summed E-state index contributed by atoms with van der Waals surface area (Å²) >= 11 is 0. The molecule has 2 aromatic rings. The Bertz CT molecular complexity index is 583. The average molecular weight is 272 g/mol. The van der Waals surface area contributed by atoms with Crippen LogP contribution in [0.5, 0.6) is 0 Å². The summed E-state index contributed by atoms with van der Waals surface area (Å²) in [5, 5.41) is 0. The van der Waals surface area contributed by atoms with E-state index in [1.165, 1.54) is 16.7 Å². The van der Waals surface area contributed by atoms with Crippen molar-refractivity contribution in [1.29, 1.82) is 0 Å². The van der Waals surface area contributed by atoms with Gasteiger partial charge in [0.15, 0.2) is 6.29 Å². The van der Waals surface area contributed by atoms with Gasteiger partial charge < -0.3 is 9.55 Å². The summed E-state index contributed by atoms with van der Waals surface area (Å²) in [4.78, 5) is 14.3. The number of H-pyrrole nitrogens is 1. The van der Waals surface area contributed by atoms with Gasteiger partial charge in [-0.15, -0.1) is 0 Å². The number of nitrogens with one attached hydrogen (secondary N) is 1. The van der Waals surface area contributed by atoms with Crippen LogP contribution < -0.4 is 0 Å². The number of aldehydes is 1. The van der Waals surface area contributed by atoms with E-state index in [-0.39, 0.29) is 0 Å². The third-order valence-electron chi connectivity index (χ3n) is 4.14. The Morgan fingerprint density at radius 1 is 1.10 bits per heavy atom. The van der Waals surface area contributed by atoms with Crippen LogP contribution in [0.1, 0.15) is 59.2 Å². The first-order valence-electron chi connectivity index (χ1n) is 7.47. The number of rotatable bonds is 6. The maximum absolute atomic E-state index is 11.1. The van der Waals surface area contributed by atoms with Gasteiger partial charge in [0.05, 0.1) is 12.2 Å². The minimum absolute atomic E-state index is 0.718. The van der Waals surface area contributed by atoms with E-state index in [2.05, 4.69) is 42.7 Å². The molecule has 1 N–H and O–H groups in total. The van der Waals surface area contributed by atoms with Crippen LogP contribution in [0.15, 0.2) is 12.4 Å². The van der Waals surface area contributed by atoms with Gasteiger partial charge in [0.2, 0.25) is 0 Å². The quantitative estimate of drug-likeness (QED) is 0.800. The molecule has 0 saturated carbocycles. The molecule has 2 aromatic heterocycles. The lowest BCUT2D eigenvalue weighted by Crippen LogP contribution is -2.00. The predicted octanol–water partition coefficient (Wildman–Crippen LogP) is 3.67. The Balaban J connectivity index is 2.34. The second-order valence-corrected chi connectivity index (χ2v) is 5.28. The van der Waals surface area contributed by atoms with Crippen molar-refractivity contribution in [3.8, 4) is 0 Å². The van der Waals surface area contributed by atoms with Crippen LogP contribution in [0.4, 0.5) is 0 Å². The molecule has 0 amide bonds. The highest BCUT2D eigenvalue weighted by molar-refractivity contribution is 5.75. The highest BCUT2D eigenvalue weighted by Crippen LogP contribution is 2.20. The third-order valence-corrected chi connectivity index (χ3v) is 4.14. The number of hydrogen-bond acceptors (Lipinski definition) is 1. The number of aryl methyl sites for hydroxylation is 2. The second-order valence-electron chi connectivity index (χ2n) is 5.28. The summed E-state index contributed by atoms with van der Waals surface area (Å²) in [6, 6.07) is 0. The van der Waals surface area contributed by atoms with E-state index in [0.29, 0.717) is 0 Å². The predicted molar refractivity (Wildman–Crippen MR) is 82.6 cm³/mol. The standard InChI is InChI=1S/C17H24N2O/c1-5-13-8-19(9-14(13)6-2)10-16-15(7-3)12(4)17(11-20)18-16/h8-9,11,18H,5-7,10H2,1-4H3. The minimum atomic E-state index is 0.718. The van der Waals surface area contributed by atoms with Crippen molar-refractivity contribution in [3.63, 3.8) is 0 Å². The highest BCUT2D eigenvalue weighted by atomic mass is 16.1. The number of hydrogen-bond donors (Lipinski definition) is 1. The molecule has 3 heteroatoms. The van der Waals surface area contributed by atoms with E-state index in [1.807, 2.05) is 6.92 Å². The maximum Gasteiger partial charge on any atom is 0.166 e. The molecular formula is C17H24N2O. The smallest absolute Gasteiger partial charge is 0.166 e. The van der Waals surface area contributed by atoms with Gasteiger partial charge in [-0.1, -0.05) is 20.8 Å². The molecule has 2 heterocycles. The summed E-state index contributed by atoms with van der Waals surface area (Å²) in [6.45, 7) is 9.36. The van der Waals surface area contributed by atoms with Gasteiger partial charge in [0.25, 0.3) is 0 Å². The molecular weight excluding hydrogens is 248 g/mol. The molecule has 0 saturated heterocycles. The van der Waals surface area contributed by atoms with E-state index in [0.717, 1.165) is 49.0 Å². The number of carbonyl (C=O) groups is 1. The molecule has 0 aliphatic rings. The Hall–Kier alpha value is -1.77. The van der Waals surface area contributed by atoms with Crippen molar-refractivity contribution >= 4 is 6.29 Å². The molecule has 3 nitrogen and oxygen atoms in total. The van der Waals surface area contributed by atoms with Crippen molar-refractivity contribution in [2.45, 2.75) is 53.5 Å². The summed E-state index contributed by atoms with van der Waals surface area (Å²) in [5.74, 6) is 0. The third kappa shape index (κ3) is 2.58. The van der Waals surface area contributed by atoms with Crippen molar-refractivity contribution in [2.75, 3.05) is 0 Å². The molecule has 108 valence electrons. The molecule has 0 fully saturated rings. The van der Waals surface area contributed by atoms with E-state index in [1.54, 1.807) is 0 Å². The molecule has 0 aromatic carbocycles. The van der Waals surface area contributed by atoms with Crippen LogP contribution in [0.25, 0.3) is 0 Å². The average Bonchev–Trinajstić information content (AvgIpc) is 2.99. The fraction of sp³-hybridized carbons (Fsp3) is 0.471. The largest absolute Gasteiger partial charge is 0.354 e. The van der Waals surface area contributed by atoms with Crippen LogP contribution in [-0.2, 0) is 25.8 Å². The van der Waals surface area contributed by atoms with Crippen LogP contribution >= 0.6 is 0 Å². The fourth-order valence-electron chi connectivity index (χ4n) is 2.97. The lowest BCUT2D eigenvalue weighted by molar-refractivity contribution is 0.111. The van der Waals surface area contributed by atoms with Gasteiger partial charge in [-0.2, -0.15) is 0 Å². The molecule has 20 heavy (non-hydrogen) atoms. The molecule has 0 bridgehead atoms. The van der Waals surface area contributed by atoms with Crippen LogP contribution in [-0.4, -0.2) is 15.8 Å². The van der Waals surface area contributed by atoms with E-state index in [4.69, 9.17) is 0 Å². The zero-order valence-electron chi connectivity index (χ0n) is 12.9. The maximum atomic E-state index is 11.1. The highest BCUT2D eigenvalue weighted by Gasteiger charge is 2.13. The summed E-state index contributed by atoms with van der Waals surface area (Å²) in [6.07, 6.45) is 8.47. The zero-order valence-corrected chi connectivity index (χ0v) is 12.9. The van der Waals surface area contributed by atoms with Gasteiger partial charge in [-0.25, -0.2) is 0 Å². The topological polar surface area (TPSA) is 37.8 Å². The van der Waals surface area contributed by atoms with Crippen molar-refractivity contribution in [3.05, 3.63) is 46.0 Å². The van der Waals surface area contributed by atoms with Gasteiger partial charge in [0.1, 0.15) is 0 Å². The Labute approximate surface area is 121 Å². The number of carbonyl (C=O) groups excluding carboxylic acids is 1. The van der Waals surface area contributed by atoms with E-state index < -0.39 is 0 Å². The second kappa shape index (κ2) is 6.12. The lowest BCUT2D eigenvalue weighted by atomic mass is 10.1. The van der Waals surface area contributed by atoms with Crippen molar-refractivity contribution in [1.82, 2.24) is 9.55 Å². The Morgan fingerprint density at radius 3 is 2.15 bits per heavy atom. The first-order valence-corrected chi connectivity index (χ1v) is 7.47. The van der Waals surface area contributed by atoms with Gasteiger partial charge in [0, 0.05) is 18.1 Å². The normalized spacial score (nSPS) is 11.0. The monoisotopic (exact) mass is 272 g/mol. The lowest BCUT2D eigenvalue weighted by Gasteiger charge is -2.04. The first-order chi connectivity index (χ1) is 9.64. The van der Waals surface area contributed by atoms with Crippen LogP contribution in [0.3, 0.4) is 0 Å². The SMILES string of the molecule is CCc1cn(Cc2[nH]c(C=O)c(C)c2CC)cc1CC. The van der Waals surface area contributed by atoms with Crippen LogP contribution in [0.2, 0.25) is 0 Å². The molecule has 0 atom stereocenters. The first kappa shape index (κ1) is 14.6. The number of nitrogens with zero attached hydrogens (tertiary/aromatic N) is 1. The molecule has 0 spiro atoms. The van der Waals surface area contributed by atoms with Gasteiger partial charge in [-0.05, 0) is 48.4 Å². The van der Waals surface area contributed by atoms with Gasteiger partial charge >= 0.3 is 0 Å². The molecule has 0 unspecified atom stereocenters. The van der Waals surface area contributed by atoms with Gasteiger partial charge in [-0.3, -0.25) is 4.79 Å². The Morgan fingerprint density at radius 2 is 1.70 bits per heavy atom. The van der Waals surface area contributed by atoms with Crippen molar-refractivity contribution in [2.24, 2.45) is 0 Å². The summed E-state index contributed by atoms with van der Waals surface area (Å²) in [7, 11) is 0. The zero-order chi connectivity index (χ0) is 14.7. The molecule has 0 radical (unpaired) electrons. The number of aromatic nitrogens is 2. The summed E-state index contributed by atoms with van der Waals surface area (Å²) in [5.41, 5.74) is 7.09. The number of aromatic amines is 1. The molecule has 2 rings (SSSR count). The summed E-state index contributed by atoms with van der Waals surface area (Å²) < 4.78 is 2.23. The van der Waals surface area contributed by atoms with E-state index in [9.17, 15) is 4.79 Å². The minimum Gasteiger partial charge on any atom is -0.354 e. The van der Waals surface area contributed by atoms with Crippen LogP contribution in [0, 0.1) is 6.92 Å². The van der Waals surface area contributed by atoms with E-state index >= 15 is 0 Å². The Kier molecular flexibility index (Phi) is 4.48. The molecule has 0 aliphatic heterocycles. The van der Waals surface area contributed by atoms with Crippen molar-refractivity contribution < 1.29 is 4.79 Å².